The lowest BCUT2D eigenvalue weighted by molar-refractivity contribution is 0.213. The van der Waals surface area contributed by atoms with Gasteiger partial charge in [0, 0.05) is 16.6 Å². The minimum atomic E-state index is -0.199. The van der Waals surface area contributed by atoms with Crippen LogP contribution in [0.2, 0.25) is 0 Å². The molecule has 2 aromatic rings. The Morgan fingerprint density at radius 2 is 1.79 bits per heavy atom. The van der Waals surface area contributed by atoms with Gasteiger partial charge in [-0.3, -0.25) is 0 Å². The predicted molar refractivity (Wildman–Crippen MR) is 78.9 cm³/mol. The van der Waals surface area contributed by atoms with E-state index in [9.17, 15) is 0 Å². The highest BCUT2D eigenvalue weighted by atomic mass is 79.9. The van der Waals surface area contributed by atoms with Crippen LogP contribution in [0.25, 0.3) is 0 Å². The summed E-state index contributed by atoms with van der Waals surface area (Å²) in [4.78, 5) is 0. The topological polar surface area (TPSA) is 55.5 Å². The fourth-order valence-electron chi connectivity index (χ4n) is 1.81. The molecular weight excluding hydrogens is 306 g/mol. The fraction of sp³-hybridized carbons (Fsp3) is 0.200. The molecular formula is C15H16BrNO2. The highest BCUT2D eigenvalue weighted by Gasteiger charge is 2.14. The van der Waals surface area contributed by atoms with E-state index in [-0.39, 0.29) is 12.7 Å². The summed E-state index contributed by atoms with van der Waals surface area (Å²) in [6, 6.07) is 15.2. The van der Waals surface area contributed by atoms with Gasteiger partial charge in [-0.25, -0.2) is 0 Å². The summed E-state index contributed by atoms with van der Waals surface area (Å²) in [5.74, 6) is 0.739. The summed E-state index contributed by atoms with van der Waals surface area (Å²) < 4.78 is 6.88. The van der Waals surface area contributed by atoms with Gasteiger partial charge in [0.1, 0.15) is 11.9 Å². The van der Waals surface area contributed by atoms with E-state index >= 15 is 0 Å². The van der Waals surface area contributed by atoms with Gasteiger partial charge < -0.3 is 15.6 Å². The maximum atomic E-state index is 9.00. The molecule has 2 aromatic carbocycles. The van der Waals surface area contributed by atoms with Crippen LogP contribution < -0.4 is 10.5 Å². The average molecular weight is 322 g/mol. The summed E-state index contributed by atoms with van der Waals surface area (Å²) in [6.07, 6.45) is -0.199. The average Bonchev–Trinajstić information content (AvgIpc) is 2.46. The second-order valence-corrected chi connectivity index (χ2v) is 5.02. The monoisotopic (exact) mass is 321 g/mol. The maximum absolute atomic E-state index is 9.00. The first-order valence-corrected chi connectivity index (χ1v) is 6.85. The third-order valence-corrected chi connectivity index (χ3v) is 3.57. The Bertz CT molecular complexity index is 528. The van der Waals surface area contributed by atoms with Crippen molar-refractivity contribution in [2.24, 2.45) is 5.73 Å². The van der Waals surface area contributed by atoms with Gasteiger partial charge in [0.2, 0.25) is 0 Å². The summed E-state index contributed by atoms with van der Waals surface area (Å²) >= 11 is 3.51. The summed E-state index contributed by atoms with van der Waals surface area (Å²) in [5.41, 5.74) is 7.67. The fourth-order valence-corrected chi connectivity index (χ4v) is 2.35. The Morgan fingerprint density at radius 3 is 2.37 bits per heavy atom. The van der Waals surface area contributed by atoms with Crippen LogP contribution in [0.3, 0.4) is 0 Å². The lowest BCUT2D eigenvalue weighted by Gasteiger charge is -2.19. The second kappa shape index (κ2) is 6.70. The van der Waals surface area contributed by atoms with E-state index < -0.39 is 0 Å². The molecule has 100 valence electrons. The molecule has 3 nitrogen and oxygen atoms in total. The first-order valence-electron chi connectivity index (χ1n) is 6.05. The third-order valence-electron chi connectivity index (χ3n) is 2.85. The van der Waals surface area contributed by atoms with Gasteiger partial charge in [0.25, 0.3) is 0 Å². The molecule has 0 aliphatic carbocycles. The normalized spacial score (nSPS) is 12.2. The first-order chi connectivity index (χ1) is 9.24. The molecule has 2 rings (SSSR count). The molecule has 0 saturated heterocycles. The van der Waals surface area contributed by atoms with Crippen LogP contribution in [0.4, 0.5) is 0 Å². The molecule has 3 N–H and O–H groups in total. The van der Waals surface area contributed by atoms with Crippen LogP contribution in [0, 0.1) is 0 Å². The molecule has 0 amide bonds. The zero-order chi connectivity index (χ0) is 13.7. The van der Waals surface area contributed by atoms with Crippen molar-refractivity contribution in [2.45, 2.75) is 12.7 Å². The van der Waals surface area contributed by atoms with Crippen LogP contribution >= 0.6 is 15.9 Å². The van der Waals surface area contributed by atoms with Gasteiger partial charge in [-0.2, -0.15) is 0 Å². The third kappa shape index (κ3) is 3.56. The number of aliphatic hydroxyl groups is 1. The minimum Gasteiger partial charge on any atom is -0.484 e. The summed E-state index contributed by atoms with van der Waals surface area (Å²) in [7, 11) is 0. The van der Waals surface area contributed by atoms with Crippen molar-refractivity contribution in [1.29, 1.82) is 0 Å². The molecule has 0 radical (unpaired) electrons. The standard InChI is InChI=1S/C15H16BrNO2/c16-14-4-2-1-3-13(14)15(9-17)19-12-7-5-11(10-18)6-8-12/h1-8,15,18H,9-10,17H2. The molecule has 0 aliphatic heterocycles. The number of hydrogen-bond acceptors (Lipinski definition) is 3. The number of nitrogens with two attached hydrogens (primary N) is 1. The van der Waals surface area contributed by atoms with E-state index in [1.807, 2.05) is 48.5 Å². The van der Waals surface area contributed by atoms with Crippen molar-refractivity contribution < 1.29 is 9.84 Å². The van der Waals surface area contributed by atoms with Crippen LogP contribution in [-0.2, 0) is 6.61 Å². The Morgan fingerprint density at radius 1 is 1.11 bits per heavy atom. The van der Waals surface area contributed by atoms with E-state index in [0.717, 1.165) is 21.3 Å². The van der Waals surface area contributed by atoms with Gasteiger partial charge in [0.05, 0.1) is 6.61 Å². The smallest absolute Gasteiger partial charge is 0.137 e. The summed E-state index contributed by atoms with van der Waals surface area (Å²) in [5, 5.41) is 9.00. The molecule has 0 aromatic heterocycles. The van der Waals surface area contributed by atoms with Gasteiger partial charge in [0.15, 0.2) is 0 Å². The number of halogens is 1. The summed E-state index contributed by atoms with van der Waals surface area (Å²) in [6.45, 7) is 0.426. The molecule has 1 unspecified atom stereocenters. The lowest BCUT2D eigenvalue weighted by atomic mass is 10.1. The SMILES string of the molecule is NCC(Oc1ccc(CO)cc1)c1ccccc1Br. The molecule has 19 heavy (non-hydrogen) atoms. The van der Waals surface area contributed by atoms with Crippen molar-refractivity contribution in [3.63, 3.8) is 0 Å². The quantitative estimate of drug-likeness (QED) is 0.890. The molecule has 0 aliphatic rings. The number of aliphatic hydroxyl groups excluding tert-OH is 1. The molecule has 0 spiro atoms. The molecule has 4 heteroatoms. The van der Waals surface area contributed by atoms with Crippen LogP contribution in [0.15, 0.2) is 53.0 Å². The van der Waals surface area contributed by atoms with Crippen molar-refractivity contribution in [3.8, 4) is 5.75 Å². The van der Waals surface area contributed by atoms with E-state index in [0.29, 0.717) is 6.54 Å². The first kappa shape index (κ1) is 14.1. The zero-order valence-electron chi connectivity index (χ0n) is 10.4. The van der Waals surface area contributed by atoms with E-state index in [1.54, 1.807) is 0 Å². The van der Waals surface area contributed by atoms with E-state index in [2.05, 4.69) is 15.9 Å². The number of rotatable bonds is 5. The van der Waals surface area contributed by atoms with Crippen molar-refractivity contribution in [1.82, 2.24) is 0 Å². The predicted octanol–water partition coefficient (Wildman–Crippen LogP) is 3.02. The Hall–Kier alpha value is -1.36. The molecule has 0 bridgehead atoms. The van der Waals surface area contributed by atoms with E-state index in [1.165, 1.54) is 0 Å². The molecule has 0 saturated carbocycles. The van der Waals surface area contributed by atoms with Gasteiger partial charge in [-0.05, 0) is 23.8 Å². The largest absolute Gasteiger partial charge is 0.484 e. The molecule has 0 heterocycles. The van der Waals surface area contributed by atoms with Gasteiger partial charge in [-0.15, -0.1) is 0 Å². The van der Waals surface area contributed by atoms with Crippen molar-refractivity contribution in [2.75, 3.05) is 6.54 Å². The zero-order valence-corrected chi connectivity index (χ0v) is 12.0. The highest BCUT2D eigenvalue weighted by molar-refractivity contribution is 9.10. The minimum absolute atomic E-state index is 0.0326. The number of hydrogen-bond donors (Lipinski definition) is 2. The van der Waals surface area contributed by atoms with E-state index in [4.69, 9.17) is 15.6 Å². The van der Waals surface area contributed by atoms with Crippen LogP contribution in [0.1, 0.15) is 17.2 Å². The number of benzene rings is 2. The van der Waals surface area contributed by atoms with Gasteiger partial charge >= 0.3 is 0 Å². The number of ether oxygens (including phenoxy) is 1. The Balaban J connectivity index is 2.17. The van der Waals surface area contributed by atoms with Crippen LogP contribution in [0.5, 0.6) is 5.75 Å². The molecule has 0 fully saturated rings. The maximum Gasteiger partial charge on any atom is 0.137 e. The van der Waals surface area contributed by atoms with Gasteiger partial charge in [-0.1, -0.05) is 46.3 Å². The van der Waals surface area contributed by atoms with Crippen molar-refractivity contribution in [3.05, 3.63) is 64.1 Å². The molecule has 1 atom stereocenters. The second-order valence-electron chi connectivity index (χ2n) is 4.17. The highest BCUT2D eigenvalue weighted by Crippen LogP contribution is 2.27. The Labute approximate surface area is 121 Å². The van der Waals surface area contributed by atoms with Crippen molar-refractivity contribution >= 4 is 15.9 Å². The Kier molecular flexibility index (Phi) is 4.96. The van der Waals surface area contributed by atoms with Crippen LogP contribution in [-0.4, -0.2) is 11.7 Å². The lowest BCUT2D eigenvalue weighted by Crippen LogP contribution is -2.18.